The maximum absolute atomic E-state index is 13.1. The molecule has 2 aromatic heterocycles. The average Bonchev–Trinajstić information content (AvgIpc) is 3.19. The monoisotopic (exact) mass is 345 g/mol. The Hall–Kier alpha value is -2.08. The van der Waals surface area contributed by atoms with Gasteiger partial charge < -0.3 is 4.42 Å². The van der Waals surface area contributed by atoms with Gasteiger partial charge in [-0.15, -0.1) is 10.2 Å². The summed E-state index contributed by atoms with van der Waals surface area (Å²) in [5, 5.41) is 9.69. The fourth-order valence-electron chi connectivity index (χ4n) is 2.48. The van der Waals surface area contributed by atoms with Gasteiger partial charge in [0.25, 0.3) is 0 Å². The SMILES string of the molecule is CC(C)c1nnc(S[C@H](C)c2ccc(F)cc2)n1Cc1ccco1. The van der Waals surface area contributed by atoms with E-state index in [-0.39, 0.29) is 17.0 Å². The normalized spacial score (nSPS) is 12.7. The van der Waals surface area contributed by atoms with Gasteiger partial charge in [-0.1, -0.05) is 37.7 Å². The van der Waals surface area contributed by atoms with Crippen LogP contribution in [0.15, 0.2) is 52.2 Å². The number of furan rings is 1. The first kappa shape index (κ1) is 16.8. The van der Waals surface area contributed by atoms with Crippen LogP contribution in [0.2, 0.25) is 0 Å². The summed E-state index contributed by atoms with van der Waals surface area (Å²) in [6.07, 6.45) is 1.67. The molecule has 0 aliphatic heterocycles. The van der Waals surface area contributed by atoms with Crippen molar-refractivity contribution in [3.63, 3.8) is 0 Å². The molecule has 0 amide bonds. The van der Waals surface area contributed by atoms with Crippen molar-refractivity contribution in [2.24, 2.45) is 0 Å². The Morgan fingerprint density at radius 1 is 1.12 bits per heavy atom. The van der Waals surface area contributed by atoms with Crippen LogP contribution in [0, 0.1) is 5.82 Å². The van der Waals surface area contributed by atoms with Crippen LogP contribution in [0.3, 0.4) is 0 Å². The molecule has 126 valence electrons. The van der Waals surface area contributed by atoms with E-state index < -0.39 is 0 Å². The van der Waals surface area contributed by atoms with Gasteiger partial charge in [0.1, 0.15) is 17.4 Å². The molecule has 0 unspecified atom stereocenters. The topological polar surface area (TPSA) is 43.9 Å². The van der Waals surface area contributed by atoms with Gasteiger partial charge in [-0.3, -0.25) is 4.57 Å². The molecule has 0 fully saturated rings. The zero-order valence-corrected chi connectivity index (χ0v) is 14.8. The highest BCUT2D eigenvalue weighted by Crippen LogP contribution is 2.35. The van der Waals surface area contributed by atoms with Crippen molar-refractivity contribution in [3.8, 4) is 0 Å². The van der Waals surface area contributed by atoms with Crippen molar-refractivity contribution < 1.29 is 8.81 Å². The van der Waals surface area contributed by atoms with Gasteiger partial charge in [0.05, 0.1) is 12.8 Å². The molecule has 0 saturated heterocycles. The Kier molecular flexibility index (Phi) is 5.04. The minimum Gasteiger partial charge on any atom is -0.467 e. The third kappa shape index (κ3) is 3.70. The van der Waals surface area contributed by atoms with Crippen molar-refractivity contribution in [1.82, 2.24) is 14.8 Å². The fourth-order valence-corrected chi connectivity index (χ4v) is 3.46. The van der Waals surface area contributed by atoms with Crippen LogP contribution < -0.4 is 0 Å². The first-order valence-corrected chi connectivity index (χ1v) is 8.80. The number of thioether (sulfide) groups is 1. The summed E-state index contributed by atoms with van der Waals surface area (Å²) in [5.74, 6) is 1.84. The van der Waals surface area contributed by atoms with E-state index in [9.17, 15) is 4.39 Å². The van der Waals surface area contributed by atoms with Gasteiger partial charge in [-0.2, -0.15) is 0 Å². The maximum atomic E-state index is 13.1. The minimum atomic E-state index is -0.223. The lowest BCUT2D eigenvalue weighted by Crippen LogP contribution is -2.08. The van der Waals surface area contributed by atoms with Gasteiger partial charge in [-0.05, 0) is 36.8 Å². The molecule has 0 bridgehead atoms. The molecule has 1 aromatic carbocycles. The summed E-state index contributed by atoms with van der Waals surface area (Å²) < 4.78 is 20.7. The van der Waals surface area contributed by atoms with Crippen molar-refractivity contribution in [3.05, 3.63) is 65.6 Å². The summed E-state index contributed by atoms with van der Waals surface area (Å²) in [6, 6.07) is 10.4. The second-order valence-corrected chi connectivity index (χ2v) is 7.28. The van der Waals surface area contributed by atoms with Crippen LogP contribution in [0.25, 0.3) is 0 Å². The van der Waals surface area contributed by atoms with Crippen molar-refractivity contribution in [2.75, 3.05) is 0 Å². The smallest absolute Gasteiger partial charge is 0.192 e. The van der Waals surface area contributed by atoms with Gasteiger partial charge >= 0.3 is 0 Å². The Balaban J connectivity index is 1.85. The Bertz CT molecular complexity index is 781. The largest absolute Gasteiger partial charge is 0.467 e. The van der Waals surface area contributed by atoms with Gasteiger partial charge in [0.2, 0.25) is 0 Å². The van der Waals surface area contributed by atoms with Crippen LogP contribution in [0.1, 0.15) is 49.1 Å². The molecule has 3 aromatic rings. The van der Waals surface area contributed by atoms with E-state index >= 15 is 0 Å². The molecular formula is C18H20FN3OS. The second kappa shape index (κ2) is 7.21. The lowest BCUT2D eigenvalue weighted by atomic mass is 10.2. The van der Waals surface area contributed by atoms with Crippen molar-refractivity contribution in [2.45, 2.75) is 43.6 Å². The van der Waals surface area contributed by atoms with E-state index in [0.29, 0.717) is 6.54 Å². The molecule has 4 nitrogen and oxygen atoms in total. The predicted octanol–water partition coefficient (Wildman–Crippen LogP) is 5.04. The molecule has 0 radical (unpaired) electrons. The number of halogens is 1. The lowest BCUT2D eigenvalue weighted by molar-refractivity contribution is 0.475. The molecule has 24 heavy (non-hydrogen) atoms. The quantitative estimate of drug-likeness (QED) is 0.587. The highest BCUT2D eigenvalue weighted by Gasteiger charge is 2.19. The number of hydrogen-bond donors (Lipinski definition) is 0. The summed E-state index contributed by atoms with van der Waals surface area (Å²) in [7, 11) is 0. The molecule has 1 atom stereocenters. The molecular weight excluding hydrogens is 325 g/mol. The number of aromatic nitrogens is 3. The number of benzene rings is 1. The van der Waals surface area contributed by atoms with E-state index in [1.165, 1.54) is 12.1 Å². The molecule has 0 N–H and O–H groups in total. The van der Waals surface area contributed by atoms with Crippen LogP contribution >= 0.6 is 11.8 Å². The third-order valence-electron chi connectivity index (χ3n) is 3.78. The van der Waals surface area contributed by atoms with Crippen molar-refractivity contribution >= 4 is 11.8 Å². The highest BCUT2D eigenvalue weighted by atomic mass is 32.2. The van der Waals surface area contributed by atoms with Gasteiger partial charge in [-0.25, -0.2) is 4.39 Å². The van der Waals surface area contributed by atoms with E-state index in [2.05, 4.69) is 35.5 Å². The molecule has 2 heterocycles. The Labute approximate surface area is 145 Å². The summed E-state index contributed by atoms with van der Waals surface area (Å²) in [4.78, 5) is 0. The van der Waals surface area contributed by atoms with Crippen LogP contribution in [0.5, 0.6) is 0 Å². The number of hydrogen-bond acceptors (Lipinski definition) is 4. The minimum absolute atomic E-state index is 0.144. The molecule has 0 spiro atoms. The molecule has 0 aliphatic rings. The highest BCUT2D eigenvalue weighted by molar-refractivity contribution is 7.99. The van der Waals surface area contributed by atoms with Crippen LogP contribution in [-0.4, -0.2) is 14.8 Å². The standard InChI is InChI=1S/C18H20FN3OS/c1-12(2)17-20-21-18(22(17)11-16-5-4-10-23-16)24-13(3)14-6-8-15(19)9-7-14/h4-10,12-13H,11H2,1-3H3/t13-/m1/s1. The Morgan fingerprint density at radius 3 is 2.50 bits per heavy atom. The van der Waals surface area contributed by atoms with Crippen LogP contribution in [0.4, 0.5) is 4.39 Å². The lowest BCUT2D eigenvalue weighted by Gasteiger charge is -2.14. The number of rotatable bonds is 6. The van der Waals surface area contributed by atoms with E-state index in [4.69, 9.17) is 4.42 Å². The first-order valence-electron chi connectivity index (χ1n) is 7.92. The predicted molar refractivity (Wildman–Crippen MR) is 92.6 cm³/mol. The van der Waals surface area contributed by atoms with E-state index in [1.807, 2.05) is 24.3 Å². The average molecular weight is 345 g/mol. The second-order valence-electron chi connectivity index (χ2n) is 5.97. The summed E-state index contributed by atoms with van der Waals surface area (Å²) >= 11 is 1.61. The zero-order valence-electron chi connectivity index (χ0n) is 13.9. The molecule has 6 heteroatoms. The summed E-state index contributed by atoms with van der Waals surface area (Å²) in [6.45, 7) is 6.88. The Morgan fingerprint density at radius 2 is 1.88 bits per heavy atom. The third-order valence-corrected chi connectivity index (χ3v) is 4.92. The van der Waals surface area contributed by atoms with Crippen LogP contribution in [-0.2, 0) is 6.54 Å². The fraction of sp³-hybridized carbons (Fsp3) is 0.333. The van der Waals surface area contributed by atoms with E-state index in [0.717, 1.165) is 22.3 Å². The summed E-state index contributed by atoms with van der Waals surface area (Å²) in [5.41, 5.74) is 1.06. The van der Waals surface area contributed by atoms with Crippen molar-refractivity contribution in [1.29, 1.82) is 0 Å². The molecule has 3 rings (SSSR count). The van der Waals surface area contributed by atoms with E-state index in [1.54, 1.807) is 18.0 Å². The maximum Gasteiger partial charge on any atom is 0.192 e. The van der Waals surface area contributed by atoms with Gasteiger partial charge in [0, 0.05) is 11.2 Å². The first-order chi connectivity index (χ1) is 11.5. The zero-order chi connectivity index (χ0) is 17.1. The molecule has 0 aliphatic carbocycles. The number of nitrogens with zero attached hydrogens (tertiary/aromatic N) is 3. The molecule has 0 saturated carbocycles. The van der Waals surface area contributed by atoms with Gasteiger partial charge in [0.15, 0.2) is 5.16 Å².